The number of nitrogens with zero attached hydrogens (tertiary/aromatic N) is 1. The lowest BCUT2D eigenvalue weighted by Gasteiger charge is -2.09. The Labute approximate surface area is 66.2 Å². The zero-order valence-corrected chi connectivity index (χ0v) is 6.74. The lowest BCUT2D eigenvalue weighted by Crippen LogP contribution is -2.06. The second-order valence-corrected chi connectivity index (χ2v) is 2.41. The predicted octanol–water partition coefficient (Wildman–Crippen LogP) is 1.11. The number of nitrogens with two attached hydrogens (primary N) is 1. The van der Waals surface area contributed by atoms with E-state index < -0.39 is 0 Å². The maximum atomic E-state index is 5.68. The van der Waals surface area contributed by atoms with Crippen LogP contribution in [0, 0.1) is 0 Å². The van der Waals surface area contributed by atoms with Crippen molar-refractivity contribution in [2.24, 2.45) is 5.73 Å². The van der Waals surface area contributed by atoms with Crippen LogP contribution in [0.15, 0.2) is 18.5 Å². The fourth-order valence-corrected chi connectivity index (χ4v) is 0.937. The molecule has 0 fully saturated rings. The van der Waals surface area contributed by atoms with Gasteiger partial charge in [0.2, 0.25) is 0 Å². The topological polar surface area (TPSA) is 48.1 Å². The van der Waals surface area contributed by atoms with Crippen LogP contribution in [0.5, 0.6) is 5.75 Å². The number of ether oxygens (including phenoxy) is 1. The second-order valence-electron chi connectivity index (χ2n) is 2.41. The van der Waals surface area contributed by atoms with Crippen molar-refractivity contribution >= 4 is 0 Å². The fraction of sp³-hybridized carbons (Fsp3) is 0.375. The van der Waals surface area contributed by atoms with Crippen LogP contribution < -0.4 is 10.5 Å². The average molecular weight is 152 g/mol. The van der Waals surface area contributed by atoms with E-state index in [1.807, 2.05) is 13.0 Å². The lowest BCUT2D eigenvalue weighted by atomic mass is 10.1. The van der Waals surface area contributed by atoms with Crippen LogP contribution >= 0.6 is 0 Å². The third-order valence-electron chi connectivity index (χ3n) is 1.53. The maximum Gasteiger partial charge on any atom is 0.141 e. The highest BCUT2D eigenvalue weighted by atomic mass is 16.5. The van der Waals surface area contributed by atoms with Gasteiger partial charge >= 0.3 is 0 Å². The normalized spacial score (nSPS) is 12.6. The molecule has 0 aliphatic carbocycles. The molecule has 0 saturated heterocycles. The van der Waals surface area contributed by atoms with Crippen LogP contribution in [0.4, 0.5) is 0 Å². The minimum atomic E-state index is -0.00653. The van der Waals surface area contributed by atoms with Crippen molar-refractivity contribution < 1.29 is 4.74 Å². The minimum absolute atomic E-state index is 0.00653. The first-order valence-corrected chi connectivity index (χ1v) is 3.49. The van der Waals surface area contributed by atoms with Gasteiger partial charge in [0.15, 0.2) is 0 Å². The molecule has 0 aliphatic rings. The van der Waals surface area contributed by atoms with Gasteiger partial charge in [0.1, 0.15) is 5.75 Å². The molecule has 60 valence electrons. The van der Waals surface area contributed by atoms with Gasteiger partial charge in [-0.2, -0.15) is 0 Å². The van der Waals surface area contributed by atoms with Crippen molar-refractivity contribution in [3.8, 4) is 5.75 Å². The monoisotopic (exact) mass is 152 g/mol. The number of aromatic nitrogens is 1. The highest BCUT2D eigenvalue weighted by Gasteiger charge is 2.05. The Hall–Kier alpha value is -1.09. The first-order chi connectivity index (χ1) is 5.25. The summed E-state index contributed by atoms with van der Waals surface area (Å²) in [5, 5.41) is 0. The molecule has 1 atom stereocenters. The van der Waals surface area contributed by atoms with Gasteiger partial charge in [0.05, 0.1) is 13.3 Å². The number of rotatable bonds is 2. The fourth-order valence-electron chi connectivity index (χ4n) is 0.937. The third kappa shape index (κ3) is 1.68. The van der Waals surface area contributed by atoms with E-state index in [0.29, 0.717) is 0 Å². The van der Waals surface area contributed by atoms with Crippen LogP contribution in [0.1, 0.15) is 18.5 Å². The van der Waals surface area contributed by atoms with Crippen molar-refractivity contribution in [3.05, 3.63) is 24.0 Å². The smallest absolute Gasteiger partial charge is 0.141 e. The summed E-state index contributed by atoms with van der Waals surface area (Å²) in [5.41, 5.74) is 6.67. The number of methoxy groups -OCH3 is 1. The van der Waals surface area contributed by atoms with Crippen LogP contribution in [0.2, 0.25) is 0 Å². The molecule has 0 amide bonds. The van der Waals surface area contributed by atoms with E-state index in [1.54, 1.807) is 19.5 Å². The molecule has 0 unspecified atom stereocenters. The quantitative estimate of drug-likeness (QED) is 0.690. The molecule has 1 heterocycles. The van der Waals surface area contributed by atoms with Crippen LogP contribution in [0.3, 0.4) is 0 Å². The first kappa shape index (κ1) is 8.01. The summed E-state index contributed by atoms with van der Waals surface area (Å²) in [6, 6.07) is 1.86. The van der Waals surface area contributed by atoms with E-state index in [9.17, 15) is 0 Å². The molecule has 3 heteroatoms. The lowest BCUT2D eigenvalue weighted by molar-refractivity contribution is 0.405. The molecule has 1 aromatic rings. The Kier molecular flexibility index (Phi) is 2.44. The van der Waals surface area contributed by atoms with Crippen LogP contribution in [-0.2, 0) is 0 Å². The summed E-state index contributed by atoms with van der Waals surface area (Å²) in [7, 11) is 1.61. The molecule has 0 spiro atoms. The summed E-state index contributed by atoms with van der Waals surface area (Å²) in [4.78, 5) is 3.92. The number of pyridine rings is 1. The Balaban J connectivity index is 3.02. The van der Waals surface area contributed by atoms with Gasteiger partial charge in [0.25, 0.3) is 0 Å². The molecule has 1 aromatic heterocycles. The van der Waals surface area contributed by atoms with E-state index in [-0.39, 0.29) is 6.04 Å². The number of hydrogen-bond donors (Lipinski definition) is 1. The highest BCUT2D eigenvalue weighted by molar-refractivity contribution is 5.31. The molecule has 11 heavy (non-hydrogen) atoms. The zero-order chi connectivity index (χ0) is 8.27. The zero-order valence-electron chi connectivity index (χ0n) is 6.74. The van der Waals surface area contributed by atoms with Gasteiger partial charge in [-0.25, -0.2) is 0 Å². The largest absolute Gasteiger partial charge is 0.495 e. The summed E-state index contributed by atoms with van der Waals surface area (Å²) < 4.78 is 5.06. The van der Waals surface area contributed by atoms with Gasteiger partial charge in [0, 0.05) is 17.8 Å². The van der Waals surface area contributed by atoms with Crippen molar-refractivity contribution in [1.29, 1.82) is 0 Å². The first-order valence-electron chi connectivity index (χ1n) is 3.49. The Morgan fingerprint density at radius 1 is 1.64 bits per heavy atom. The molecule has 0 radical (unpaired) electrons. The Morgan fingerprint density at radius 3 is 2.82 bits per heavy atom. The Morgan fingerprint density at radius 2 is 2.36 bits per heavy atom. The molecular formula is C8H12N2O. The summed E-state index contributed by atoms with van der Waals surface area (Å²) in [6.07, 6.45) is 3.37. The van der Waals surface area contributed by atoms with Crippen LogP contribution in [-0.4, -0.2) is 12.1 Å². The molecule has 0 aromatic carbocycles. The van der Waals surface area contributed by atoms with Gasteiger partial charge in [-0.3, -0.25) is 4.98 Å². The second kappa shape index (κ2) is 3.34. The predicted molar refractivity (Wildman–Crippen MR) is 43.4 cm³/mol. The van der Waals surface area contributed by atoms with Crippen LogP contribution in [0.25, 0.3) is 0 Å². The van der Waals surface area contributed by atoms with E-state index in [2.05, 4.69) is 4.98 Å². The summed E-state index contributed by atoms with van der Waals surface area (Å²) >= 11 is 0. The Bertz CT molecular complexity index is 235. The molecule has 0 bridgehead atoms. The number of hydrogen-bond acceptors (Lipinski definition) is 3. The molecule has 2 N–H and O–H groups in total. The van der Waals surface area contributed by atoms with Crippen molar-refractivity contribution in [2.45, 2.75) is 13.0 Å². The van der Waals surface area contributed by atoms with Crippen molar-refractivity contribution in [3.63, 3.8) is 0 Å². The molecular weight excluding hydrogens is 140 g/mol. The van der Waals surface area contributed by atoms with E-state index >= 15 is 0 Å². The van der Waals surface area contributed by atoms with Gasteiger partial charge < -0.3 is 10.5 Å². The summed E-state index contributed by atoms with van der Waals surface area (Å²) in [6.45, 7) is 1.91. The van der Waals surface area contributed by atoms with Gasteiger partial charge in [-0.15, -0.1) is 0 Å². The van der Waals surface area contributed by atoms with Crippen molar-refractivity contribution in [1.82, 2.24) is 4.98 Å². The maximum absolute atomic E-state index is 5.68. The van der Waals surface area contributed by atoms with Gasteiger partial charge in [-0.05, 0) is 13.0 Å². The van der Waals surface area contributed by atoms with E-state index in [1.165, 1.54) is 0 Å². The average Bonchev–Trinajstić information content (AvgIpc) is 2.04. The SMILES string of the molecule is COc1cnccc1[C@@H](C)N. The molecule has 0 aliphatic heterocycles. The minimum Gasteiger partial charge on any atom is -0.495 e. The van der Waals surface area contributed by atoms with E-state index in [4.69, 9.17) is 10.5 Å². The summed E-state index contributed by atoms with van der Waals surface area (Å²) in [5.74, 6) is 0.752. The van der Waals surface area contributed by atoms with Crippen molar-refractivity contribution in [2.75, 3.05) is 7.11 Å². The molecule has 0 saturated carbocycles. The van der Waals surface area contributed by atoms with E-state index in [0.717, 1.165) is 11.3 Å². The highest BCUT2D eigenvalue weighted by Crippen LogP contribution is 2.20. The standard InChI is InChI=1S/C8H12N2O/c1-6(9)7-3-4-10-5-8(7)11-2/h3-6H,9H2,1-2H3/t6-/m1/s1. The molecule has 3 nitrogen and oxygen atoms in total. The van der Waals surface area contributed by atoms with Gasteiger partial charge in [-0.1, -0.05) is 0 Å². The third-order valence-corrected chi connectivity index (χ3v) is 1.53. The molecule has 1 rings (SSSR count).